The largest absolute Gasteiger partial charge is 0.475 e. The number of methoxy groups -OCH3 is 1. The lowest BCUT2D eigenvalue weighted by atomic mass is 10.1. The minimum atomic E-state index is 0.00257. The topological polar surface area (TPSA) is 57.4 Å². The second-order valence-corrected chi connectivity index (χ2v) is 3.06. The fourth-order valence-electron chi connectivity index (χ4n) is 1.02. The van der Waals surface area contributed by atoms with Crippen molar-refractivity contribution in [2.75, 3.05) is 20.3 Å². The Kier molecular flexibility index (Phi) is 4.35. The van der Waals surface area contributed by atoms with Crippen molar-refractivity contribution >= 4 is 0 Å². The highest BCUT2D eigenvalue weighted by atomic mass is 16.5. The lowest BCUT2D eigenvalue weighted by molar-refractivity contribution is 0.143. The molecule has 14 heavy (non-hydrogen) atoms. The molecule has 0 aliphatic heterocycles. The third-order valence-corrected chi connectivity index (χ3v) is 1.82. The fraction of sp³-hybridized carbons (Fsp3) is 0.500. The van der Waals surface area contributed by atoms with Crippen LogP contribution in [0.25, 0.3) is 0 Å². The minimum Gasteiger partial charge on any atom is -0.475 e. The summed E-state index contributed by atoms with van der Waals surface area (Å²) in [6.07, 6.45) is 1.70. The van der Waals surface area contributed by atoms with Crippen LogP contribution in [0.3, 0.4) is 0 Å². The third kappa shape index (κ3) is 3.32. The van der Waals surface area contributed by atoms with Crippen molar-refractivity contribution in [2.24, 2.45) is 5.73 Å². The molecule has 4 heteroatoms. The van der Waals surface area contributed by atoms with Gasteiger partial charge in [0, 0.05) is 25.4 Å². The van der Waals surface area contributed by atoms with Gasteiger partial charge < -0.3 is 15.2 Å². The summed E-state index contributed by atoms with van der Waals surface area (Å²) < 4.78 is 10.2. The van der Waals surface area contributed by atoms with Crippen LogP contribution in [0, 0.1) is 0 Å². The van der Waals surface area contributed by atoms with Gasteiger partial charge in [0.05, 0.1) is 6.61 Å². The molecule has 0 saturated heterocycles. The first-order valence-electron chi connectivity index (χ1n) is 4.57. The van der Waals surface area contributed by atoms with E-state index in [9.17, 15) is 0 Å². The first-order chi connectivity index (χ1) is 6.74. The second-order valence-electron chi connectivity index (χ2n) is 3.06. The molecule has 0 fully saturated rings. The summed E-state index contributed by atoms with van der Waals surface area (Å²) in [7, 11) is 1.63. The molecule has 0 aromatic carbocycles. The van der Waals surface area contributed by atoms with Crippen molar-refractivity contribution in [1.82, 2.24) is 4.98 Å². The van der Waals surface area contributed by atoms with Crippen LogP contribution in [-0.2, 0) is 4.74 Å². The van der Waals surface area contributed by atoms with Crippen LogP contribution in [0.15, 0.2) is 18.3 Å². The van der Waals surface area contributed by atoms with Crippen LogP contribution in [0.5, 0.6) is 5.88 Å². The van der Waals surface area contributed by atoms with E-state index < -0.39 is 0 Å². The molecule has 1 heterocycles. The quantitative estimate of drug-likeness (QED) is 0.717. The van der Waals surface area contributed by atoms with E-state index in [1.807, 2.05) is 19.1 Å². The molecular weight excluding hydrogens is 180 g/mol. The number of aromatic nitrogens is 1. The van der Waals surface area contributed by atoms with Crippen LogP contribution >= 0.6 is 0 Å². The van der Waals surface area contributed by atoms with Gasteiger partial charge in [-0.1, -0.05) is 0 Å². The van der Waals surface area contributed by atoms with Crippen LogP contribution in [-0.4, -0.2) is 25.3 Å². The predicted octanol–water partition coefficient (Wildman–Crippen LogP) is 1.13. The zero-order chi connectivity index (χ0) is 10.4. The Morgan fingerprint density at radius 2 is 2.29 bits per heavy atom. The van der Waals surface area contributed by atoms with E-state index in [2.05, 4.69) is 4.98 Å². The Morgan fingerprint density at radius 1 is 1.50 bits per heavy atom. The Balaban J connectivity index is 2.55. The average Bonchev–Trinajstić information content (AvgIpc) is 2.19. The van der Waals surface area contributed by atoms with Crippen molar-refractivity contribution < 1.29 is 9.47 Å². The molecule has 0 aliphatic carbocycles. The maximum Gasteiger partial charge on any atom is 0.213 e. The van der Waals surface area contributed by atoms with Gasteiger partial charge in [-0.2, -0.15) is 0 Å². The minimum absolute atomic E-state index is 0.00257. The molecule has 78 valence electrons. The van der Waals surface area contributed by atoms with Gasteiger partial charge in [-0.15, -0.1) is 0 Å². The summed E-state index contributed by atoms with van der Waals surface area (Å²) >= 11 is 0. The molecule has 0 saturated carbocycles. The summed E-state index contributed by atoms with van der Waals surface area (Å²) in [5.41, 5.74) is 6.75. The van der Waals surface area contributed by atoms with E-state index in [1.54, 1.807) is 13.3 Å². The maximum atomic E-state index is 5.73. The molecule has 0 radical (unpaired) electrons. The van der Waals surface area contributed by atoms with Crippen LogP contribution < -0.4 is 10.5 Å². The molecule has 0 aliphatic rings. The summed E-state index contributed by atoms with van der Waals surface area (Å²) in [5, 5.41) is 0. The Labute approximate surface area is 84.0 Å². The molecule has 2 N–H and O–H groups in total. The summed E-state index contributed by atoms with van der Waals surface area (Å²) in [4.78, 5) is 4.06. The van der Waals surface area contributed by atoms with Crippen LogP contribution in [0.4, 0.5) is 0 Å². The van der Waals surface area contributed by atoms with Crippen molar-refractivity contribution in [2.45, 2.75) is 13.0 Å². The number of rotatable bonds is 5. The van der Waals surface area contributed by atoms with E-state index >= 15 is 0 Å². The molecule has 4 nitrogen and oxygen atoms in total. The summed E-state index contributed by atoms with van der Waals surface area (Å²) in [6, 6.07) is 3.73. The van der Waals surface area contributed by atoms with E-state index in [0.717, 1.165) is 5.56 Å². The molecular formula is C10H16N2O2. The smallest absolute Gasteiger partial charge is 0.213 e. The van der Waals surface area contributed by atoms with Gasteiger partial charge in [0.15, 0.2) is 0 Å². The molecule has 0 spiro atoms. The van der Waals surface area contributed by atoms with Gasteiger partial charge in [-0.3, -0.25) is 0 Å². The molecule has 0 amide bonds. The van der Waals surface area contributed by atoms with Crippen LogP contribution in [0.1, 0.15) is 18.5 Å². The van der Waals surface area contributed by atoms with Gasteiger partial charge in [0.25, 0.3) is 0 Å². The molecule has 1 aromatic rings. The highest BCUT2D eigenvalue weighted by Gasteiger charge is 2.01. The Morgan fingerprint density at radius 3 is 2.93 bits per heavy atom. The first-order valence-corrected chi connectivity index (χ1v) is 4.57. The number of nitrogens with zero attached hydrogens (tertiary/aromatic N) is 1. The van der Waals surface area contributed by atoms with E-state index in [0.29, 0.717) is 19.1 Å². The molecule has 1 atom stereocenters. The van der Waals surface area contributed by atoms with Crippen molar-refractivity contribution in [3.63, 3.8) is 0 Å². The fourth-order valence-corrected chi connectivity index (χ4v) is 1.02. The van der Waals surface area contributed by atoms with Crippen molar-refractivity contribution in [3.8, 4) is 5.88 Å². The third-order valence-electron chi connectivity index (χ3n) is 1.82. The number of hydrogen-bond acceptors (Lipinski definition) is 4. The standard InChI is InChI=1S/C10H16N2O2/c1-8(11)9-3-4-12-10(7-9)14-6-5-13-2/h3-4,7-8H,5-6,11H2,1-2H3/t8-/m1/s1. The van der Waals surface area contributed by atoms with Gasteiger partial charge in [-0.25, -0.2) is 4.98 Å². The molecule has 0 bridgehead atoms. The number of ether oxygens (including phenoxy) is 2. The van der Waals surface area contributed by atoms with Gasteiger partial charge in [-0.05, 0) is 18.6 Å². The van der Waals surface area contributed by atoms with Gasteiger partial charge in [0.1, 0.15) is 6.61 Å². The summed E-state index contributed by atoms with van der Waals surface area (Å²) in [5.74, 6) is 0.594. The number of nitrogens with two attached hydrogens (primary N) is 1. The van der Waals surface area contributed by atoms with E-state index in [-0.39, 0.29) is 6.04 Å². The highest BCUT2D eigenvalue weighted by molar-refractivity contribution is 5.22. The number of pyridine rings is 1. The van der Waals surface area contributed by atoms with Crippen LogP contribution in [0.2, 0.25) is 0 Å². The molecule has 1 aromatic heterocycles. The summed E-state index contributed by atoms with van der Waals surface area (Å²) in [6.45, 7) is 2.99. The maximum absolute atomic E-state index is 5.73. The Bertz CT molecular complexity index is 277. The average molecular weight is 196 g/mol. The van der Waals surface area contributed by atoms with Crippen molar-refractivity contribution in [1.29, 1.82) is 0 Å². The zero-order valence-corrected chi connectivity index (χ0v) is 8.56. The number of hydrogen-bond donors (Lipinski definition) is 1. The lowest BCUT2D eigenvalue weighted by Gasteiger charge is -2.08. The van der Waals surface area contributed by atoms with E-state index in [1.165, 1.54) is 0 Å². The highest BCUT2D eigenvalue weighted by Crippen LogP contribution is 2.14. The molecule has 1 rings (SSSR count). The normalized spacial score (nSPS) is 12.5. The molecule has 0 unspecified atom stereocenters. The van der Waals surface area contributed by atoms with Crippen molar-refractivity contribution in [3.05, 3.63) is 23.9 Å². The van der Waals surface area contributed by atoms with Gasteiger partial charge >= 0.3 is 0 Å². The Hall–Kier alpha value is -1.13. The zero-order valence-electron chi connectivity index (χ0n) is 8.56. The first kappa shape index (κ1) is 10.9. The second kappa shape index (κ2) is 5.57. The monoisotopic (exact) mass is 196 g/mol. The lowest BCUT2D eigenvalue weighted by Crippen LogP contribution is -2.08. The van der Waals surface area contributed by atoms with E-state index in [4.69, 9.17) is 15.2 Å². The SMILES string of the molecule is COCCOc1cc([C@@H](C)N)ccn1. The van der Waals surface area contributed by atoms with Gasteiger partial charge in [0.2, 0.25) is 5.88 Å². The predicted molar refractivity (Wildman–Crippen MR) is 54.2 cm³/mol.